The number of halogens is 1. The molecule has 3 aromatic rings. The van der Waals surface area contributed by atoms with Gasteiger partial charge in [-0.25, -0.2) is 4.39 Å². The standard InChI is InChI=1S/C22H24FNS/c1-4-20(24)16-8-6-15(7-9-16)17-10-11-18(19(23)13-17)22-12-14(3)21(5-2)25-22/h6-13,20H,4-5,24H2,1-3H3. The molecule has 1 unspecified atom stereocenters. The van der Waals surface area contributed by atoms with Gasteiger partial charge in [0, 0.05) is 21.4 Å². The maximum absolute atomic E-state index is 14.7. The van der Waals surface area contributed by atoms with E-state index in [4.69, 9.17) is 5.73 Å². The number of rotatable bonds is 5. The third kappa shape index (κ3) is 3.68. The Morgan fingerprint density at radius 1 is 1.00 bits per heavy atom. The van der Waals surface area contributed by atoms with Crippen LogP contribution in [0.2, 0.25) is 0 Å². The van der Waals surface area contributed by atoms with Crippen LogP contribution in [0.4, 0.5) is 4.39 Å². The van der Waals surface area contributed by atoms with Crippen molar-refractivity contribution in [3.05, 3.63) is 70.4 Å². The molecule has 1 nitrogen and oxygen atoms in total. The summed E-state index contributed by atoms with van der Waals surface area (Å²) in [7, 11) is 0. The molecule has 0 aliphatic heterocycles. The summed E-state index contributed by atoms with van der Waals surface area (Å²) < 4.78 is 14.7. The van der Waals surface area contributed by atoms with Gasteiger partial charge in [-0.15, -0.1) is 11.3 Å². The first kappa shape index (κ1) is 17.8. The fourth-order valence-corrected chi connectivity index (χ4v) is 4.20. The van der Waals surface area contributed by atoms with Gasteiger partial charge >= 0.3 is 0 Å². The number of thiophene rings is 1. The van der Waals surface area contributed by atoms with Gasteiger partial charge in [-0.05, 0) is 60.2 Å². The molecule has 0 radical (unpaired) electrons. The smallest absolute Gasteiger partial charge is 0.132 e. The van der Waals surface area contributed by atoms with Crippen molar-refractivity contribution in [1.29, 1.82) is 0 Å². The predicted octanol–water partition coefficient (Wildman–Crippen LogP) is 6.50. The lowest BCUT2D eigenvalue weighted by molar-refractivity contribution is 0.632. The molecule has 1 aromatic heterocycles. The zero-order valence-corrected chi connectivity index (χ0v) is 15.8. The molecule has 25 heavy (non-hydrogen) atoms. The van der Waals surface area contributed by atoms with Gasteiger partial charge in [0.2, 0.25) is 0 Å². The summed E-state index contributed by atoms with van der Waals surface area (Å²) in [5, 5.41) is 0. The van der Waals surface area contributed by atoms with Crippen LogP contribution in [0, 0.1) is 12.7 Å². The topological polar surface area (TPSA) is 26.0 Å². The van der Waals surface area contributed by atoms with Crippen LogP contribution in [0.3, 0.4) is 0 Å². The zero-order valence-electron chi connectivity index (χ0n) is 15.0. The molecular weight excluding hydrogens is 329 g/mol. The number of benzene rings is 2. The van der Waals surface area contributed by atoms with Crippen molar-refractivity contribution in [3.63, 3.8) is 0 Å². The minimum absolute atomic E-state index is 0.0583. The first-order valence-electron chi connectivity index (χ1n) is 8.78. The van der Waals surface area contributed by atoms with Crippen molar-refractivity contribution in [2.24, 2.45) is 5.73 Å². The van der Waals surface area contributed by atoms with Crippen LogP contribution in [0.1, 0.15) is 42.3 Å². The molecule has 0 aliphatic rings. The van der Waals surface area contributed by atoms with E-state index in [1.54, 1.807) is 17.4 Å². The normalized spacial score (nSPS) is 12.4. The molecule has 1 heterocycles. The van der Waals surface area contributed by atoms with Crippen molar-refractivity contribution in [1.82, 2.24) is 0 Å². The first-order valence-corrected chi connectivity index (χ1v) is 9.60. The third-order valence-corrected chi connectivity index (χ3v) is 6.10. The first-order chi connectivity index (χ1) is 12.0. The van der Waals surface area contributed by atoms with Gasteiger partial charge in [0.1, 0.15) is 5.82 Å². The maximum Gasteiger partial charge on any atom is 0.132 e. The number of hydrogen-bond acceptors (Lipinski definition) is 2. The van der Waals surface area contributed by atoms with Crippen LogP contribution in [0.25, 0.3) is 21.6 Å². The van der Waals surface area contributed by atoms with Gasteiger partial charge in [-0.2, -0.15) is 0 Å². The summed E-state index contributed by atoms with van der Waals surface area (Å²) in [6, 6.07) is 15.8. The molecule has 1 atom stereocenters. The summed E-state index contributed by atoms with van der Waals surface area (Å²) in [4.78, 5) is 2.32. The second kappa shape index (κ2) is 7.51. The average Bonchev–Trinajstić information content (AvgIpc) is 3.01. The highest BCUT2D eigenvalue weighted by Gasteiger charge is 2.12. The van der Waals surface area contributed by atoms with E-state index in [9.17, 15) is 4.39 Å². The zero-order chi connectivity index (χ0) is 18.0. The maximum atomic E-state index is 14.7. The molecule has 2 aromatic carbocycles. The van der Waals surface area contributed by atoms with E-state index in [2.05, 4.69) is 26.8 Å². The Balaban J connectivity index is 1.91. The van der Waals surface area contributed by atoms with E-state index < -0.39 is 0 Å². The lowest BCUT2D eigenvalue weighted by Crippen LogP contribution is -2.08. The molecule has 0 saturated heterocycles. The second-order valence-corrected chi connectivity index (χ2v) is 7.54. The highest BCUT2D eigenvalue weighted by atomic mass is 32.1. The Hall–Kier alpha value is -1.97. The van der Waals surface area contributed by atoms with Gasteiger partial charge in [-0.3, -0.25) is 0 Å². The van der Waals surface area contributed by atoms with Crippen LogP contribution in [-0.4, -0.2) is 0 Å². The van der Waals surface area contributed by atoms with E-state index in [-0.39, 0.29) is 11.9 Å². The minimum Gasteiger partial charge on any atom is -0.324 e. The Kier molecular flexibility index (Phi) is 5.36. The summed E-state index contributed by atoms with van der Waals surface area (Å²) in [5.41, 5.74) is 11.0. The quantitative estimate of drug-likeness (QED) is 0.556. The molecule has 3 heteroatoms. The lowest BCUT2D eigenvalue weighted by Gasteiger charge is -2.10. The highest BCUT2D eigenvalue weighted by Crippen LogP contribution is 2.35. The Labute approximate surface area is 153 Å². The molecule has 0 fully saturated rings. The molecule has 0 amide bonds. The minimum atomic E-state index is -0.171. The van der Waals surface area contributed by atoms with E-state index >= 15 is 0 Å². The molecule has 130 valence electrons. The van der Waals surface area contributed by atoms with Crippen LogP contribution >= 0.6 is 11.3 Å². The molecule has 2 N–H and O–H groups in total. The Morgan fingerprint density at radius 2 is 1.68 bits per heavy atom. The molecule has 3 rings (SSSR count). The van der Waals surface area contributed by atoms with Gasteiger partial charge in [0.05, 0.1) is 0 Å². The van der Waals surface area contributed by atoms with Crippen LogP contribution < -0.4 is 5.73 Å². The molecule has 0 spiro atoms. The van der Waals surface area contributed by atoms with E-state index in [0.717, 1.165) is 34.4 Å². The monoisotopic (exact) mass is 353 g/mol. The van der Waals surface area contributed by atoms with Crippen molar-refractivity contribution in [2.75, 3.05) is 0 Å². The fourth-order valence-electron chi connectivity index (χ4n) is 3.06. The summed E-state index contributed by atoms with van der Waals surface area (Å²) in [5.74, 6) is -0.171. The lowest BCUT2D eigenvalue weighted by atomic mass is 9.99. The average molecular weight is 354 g/mol. The summed E-state index contributed by atoms with van der Waals surface area (Å²) in [6.07, 6.45) is 1.89. The SMILES string of the molecule is CCc1sc(-c2ccc(-c3ccc(C(N)CC)cc3)cc2F)cc1C. The van der Waals surface area contributed by atoms with Gasteiger partial charge in [0.25, 0.3) is 0 Å². The summed E-state index contributed by atoms with van der Waals surface area (Å²) in [6.45, 7) is 6.30. The van der Waals surface area contributed by atoms with Crippen molar-refractivity contribution < 1.29 is 4.39 Å². The summed E-state index contributed by atoms with van der Waals surface area (Å²) >= 11 is 1.68. The van der Waals surface area contributed by atoms with Crippen LogP contribution in [-0.2, 0) is 6.42 Å². The van der Waals surface area contributed by atoms with Gasteiger partial charge in [-0.1, -0.05) is 44.2 Å². The van der Waals surface area contributed by atoms with Crippen LogP contribution in [0.15, 0.2) is 48.5 Å². The van der Waals surface area contributed by atoms with Gasteiger partial charge in [0.15, 0.2) is 0 Å². The van der Waals surface area contributed by atoms with Gasteiger partial charge < -0.3 is 5.73 Å². The van der Waals surface area contributed by atoms with Crippen molar-refractivity contribution in [2.45, 2.75) is 39.7 Å². The van der Waals surface area contributed by atoms with Crippen LogP contribution in [0.5, 0.6) is 0 Å². The predicted molar refractivity (Wildman–Crippen MR) is 106 cm³/mol. The fraction of sp³-hybridized carbons (Fsp3) is 0.273. The van der Waals surface area contributed by atoms with E-state index in [0.29, 0.717) is 5.56 Å². The second-order valence-electron chi connectivity index (χ2n) is 6.40. The van der Waals surface area contributed by atoms with E-state index in [1.807, 2.05) is 36.4 Å². The highest BCUT2D eigenvalue weighted by molar-refractivity contribution is 7.15. The molecule has 0 aliphatic carbocycles. The largest absolute Gasteiger partial charge is 0.324 e. The van der Waals surface area contributed by atoms with Crippen molar-refractivity contribution >= 4 is 11.3 Å². The molecule has 0 saturated carbocycles. The van der Waals surface area contributed by atoms with E-state index in [1.165, 1.54) is 10.4 Å². The van der Waals surface area contributed by atoms with Crippen molar-refractivity contribution in [3.8, 4) is 21.6 Å². The Morgan fingerprint density at radius 3 is 2.24 bits per heavy atom. The number of aryl methyl sites for hydroxylation is 2. The number of nitrogens with two attached hydrogens (primary N) is 1. The Bertz CT molecular complexity index is 864. The third-order valence-electron chi connectivity index (χ3n) is 4.69. The number of hydrogen-bond donors (Lipinski definition) is 1. The molecular formula is C22H24FNS. The molecule has 0 bridgehead atoms.